The Labute approximate surface area is 155 Å². The van der Waals surface area contributed by atoms with Gasteiger partial charge in [0, 0.05) is 6.54 Å². The van der Waals surface area contributed by atoms with E-state index in [9.17, 15) is 9.18 Å². The summed E-state index contributed by atoms with van der Waals surface area (Å²) < 4.78 is 19.7. The molecule has 4 nitrogen and oxygen atoms in total. The van der Waals surface area contributed by atoms with Gasteiger partial charge in [0.25, 0.3) is 5.91 Å². The summed E-state index contributed by atoms with van der Waals surface area (Å²) in [7, 11) is 0. The van der Waals surface area contributed by atoms with E-state index < -0.39 is 0 Å². The number of piperidine rings is 1. The second-order valence-corrected chi connectivity index (χ2v) is 7.42. The smallest absolute Gasteiger partial charge is 0.261 e. The van der Waals surface area contributed by atoms with E-state index in [1.165, 1.54) is 24.3 Å². The number of carbonyl (C=O) groups excluding carboxylic acids is 1. The second kappa shape index (κ2) is 7.41. The maximum Gasteiger partial charge on any atom is 0.261 e. The fourth-order valence-corrected chi connectivity index (χ4v) is 4.39. The number of fused-ring (bicyclic) bond motifs is 1. The fraction of sp³-hybridized carbons (Fsp3) is 0.300. The summed E-state index contributed by atoms with van der Waals surface area (Å²) in [6.45, 7) is 0.666. The molecule has 2 aromatic carbocycles. The predicted octanol–water partition coefficient (Wildman–Crippen LogP) is 4.57. The highest BCUT2D eigenvalue weighted by atomic mass is 32.1. The zero-order chi connectivity index (χ0) is 17.9. The van der Waals surface area contributed by atoms with Crippen molar-refractivity contribution in [1.29, 1.82) is 0 Å². The summed E-state index contributed by atoms with van der Waals surface area (Å²) >= 11 is 1.65. The lowest BCUT2D eigenvalue weighted by molar-refractivity contribution is -0.137. The van der Waals surface area contributed by atoms with Crippen molar-refractivity contribution in [2.24, 2.45) is 0 Å². The summed E-state index contributed by atoms with van der Waals surface area (Å²) in [6.07, 6.45) is 3.00. The van der Waals surface area contributed by atoms with Crippen LogP contribution in [0.3, 0.4) is 0 Å². The summed E-state index contributed by atoms with van der Waals surface area (Å²) in [5, 5.41) is 0.987. The molecule has 0 saturated carbocycles. The van der Waals surface area contributed by atoms with E-state index in [-0.39, 0.29) is 24.4 Å². The number of likely N-dealkylation sites (tertiary alicyclic amines) is 1. The van der Waals surface area contributed by atoms with Crippen molar-refractivity contribution in [3.63, 3.8) is 0 Å². The van der Waals surface area contributed by atoms with Crippen LogP contribution in [0.5, 0.6) is 5.75 Å². The number of nitrogens with zero attached hydrogens (tertiary/aromatic N) is 2. The molecule has 1 fully saturated rings. The van der Waals surface area contributed by atoms with Gasteiger partial charge in [-0.05, 0) is 55.7 Å². The molecule has 134 valence electrons. The molecule has 1 aliphatic rings. The van der Waals surface area contributed by atoms with Gasteiger partial charge >= 0.3 is 0 Å². The maximum atomic E-state index is 13.0. The van der Waals surface area contributed by atoms with Crippen molar-refractivity contribution in [2.45, 2.75) is 25.3 Å². The Balaban J connectivity index is 1.49. The van der Waals surface area contributed by atoms with Crippen LogP contribution in [0.25, 0.3) is 10.2 Å². The zero-order valence-electron chi connectivity index (χ0n) is 14.2. The van der Waals surface area contributed by atoms with E-state index in [0.29, 0.717) is 12.3 Å². The average molecular weight is 370 g/mol. The molecule has 0 aliphatic carbocycles. The van der Waals surface area contributed by atoms with Gasteiger partial charge in [0.05, 0.1) is 16.3 Å². The summed E-state index contributed by atoms with van der Waals surface area (Å²) in [6, 6.07) is 13.8. The zero-order valence-corrected chi connectivity index (χ0v) is 15.0. The van der Waals surface area contributed by atoms with Crippen LogP contribution in [-0.4, -0.2) is 28.9 Å². The molecule has 6 heteroatoms. The first-order chi connectivity index (χ1) is 12.7. The number of para-hydroxylation sites is 1. The Hall–Kier alpha value is -2.47. The van der Waals surface area contributed by atoms with Crippen LogP contribution in [0.2, 0.25) is 0 Å². The Bertz CT molecular complexity index is 877. The monoisotopic (exact) mass is 370 g/mol. The van der Waals surface area contributed by atoms with Crippen LogP contribution in [0.15, 0.2) is 48.5 Å². The van der Waals surface area contributed by atoms with Gasteiger partial charge in [-0.1, -0.05) is 12.1 Å². The first-order valence-corrected chi connectivity index (χ1v) is 9.56. The molecule has 1 aromatic heterocycles. The van der Waals surface area contributed by atoms with Crippen LogP contribution in [0, 0.1) is 5.82 Å². The minimum absolute atomic E-state index is 0.00506. The minimum atomic E-state index is -0.324. The van der Waals surface area contributed by atoms with Crippen molar-refractivity contribution in [3.8, 4) is 5.75 Å². The molecule has 0 spiro atoms. The third kappa shape index (κ3) is 3.55. The van der Waals surface area contributed by atoms with Gasteiger partial charge in [0.1, 0.15) is 16.6 Å². The van der Waals surface area contributed by atoms with Gasteiger partial charge in [-0.25, -0.2) is 9.37 Å². The van der Waals surface area contributed by atoms with Crippen LogP contribution in [0.4, 0.5) is 4.39 Å². The van der Waals surface area contributed by atoms with Crippen molar-refractivity contribution in [3.05, 3.63) is 59.4 Å². The molecule has 1 unspecified atom stereocenters. The van der Waals surface area contributed by atoms with Crippen molar-refractivity contribution >= 4 is 27.5 Å². The lowest BCUT2D eigenvalue weighted by Gasteiger charge is -2.34. The highest BCUT2D eigenvalue weighted by molar-refractivity contribution is 7.18. The number of hydrogen-bond acceptors (Lipinski definition) is 4. The van der Waals surface area contributed by atoms with Crippen molar-refractivity contribution in [2.75, 3.05) is 13.2 Å². The summed E-state index contributed by atoms with van der Waals surface area (Å²) in [4.78, 5) is 19.4. The molecule has 3 aromatic rings. The normalized spacial score (nSPS) is 17.4. The molecule has 1 atom stereocenters. The average Bonchev–Trinajstić information content (AvgIpc) is 3.11. The van der Waals surface area contributed by atoms with Crippen LogP contribution < -0.4 is 4.74 Å². The van der Waals surface area contributed by atoms with Gasteiger partial charge in [-0.3, -0.25) is 4.79 Å². The third-order valence-electron chi connectivity index (χ3n) is 4.59. The van der Waals surface area contributed by atoms with Crippen LogP contribution in [0.1, 0.15) is 30.3 Å². The Morgan fingerprint density at radius 2 is 2.00 bits per heavy atom. The van der Waals surface area contributed by atoms with Gasteiger partial charge in [-0.2, -0.15) is 0 Å². The first-order valence-electron chi connectivity index (χ1n) is 8.74. The van der Waals surface area contributed by atoms with E-state index in [0.717, 1.165) is 34.5 Å². The molecule has 4 rings (SSSR count). The largest absolute Gasteiger partial charge is 0.484 e. The standard InChI is InChI=1S/C20H19FN2O2S/c21-14-8-10-15(11-9-14)25-13-19(24)23-12-4-3-6-17(23)20-22-16-5-1-2-7-18(16)26-20/h1-2,5,7-11,17H,3-4,6,12-13H2. The SMILES string of the molecule is O=C(COc1ccc(F)cc1)N1CCCCC1c1nc2ccccc2s1. The van der Waals surface area contributed by atoms with Crippen molar-refractivity contribution < 1.29 is 13.9 Å². The minimum Gasteiger partial charge on any atom is -0.484 e. The highest BCUT2D eigenvalue weighted by Gasteiger charge is 2.30. The third-order valence-corrected chi connectivity index (χ3v) is 5.73. The lowest BCUT2D eigenvalue weighted by Crippen LogP contribution is -2.41. The number of halogens is 1. The number of aromatic nitrogens is 1. The molecule has 1 aliphatic heterocycles. The number of benzene rings is 2. The highest BCUT2D eigenvalue weighted by Crippen LogP contribution is 2.35. The molecule has 1 amide bonds. The number of amides is 1. The van der Waals surface area contributed by atoms with Gasteiger partial charge in [0.15, 0.2) is 6.61 Å². The molecule has 1 saturated heterocycles. The van der Waals surface area contributed by atoms with E-state index in [1.54, 1.807) is 11.3 Å². The molecular weight excluding hydrogens is 351 g/mol. The summed E-state index contributed by atoms with van der Waals surface area (Å²) in [5.41, 5.74) is 0.980. The number of rotatable bonds is 4. The predicted molar refractivity (Wildman–Crippen MR) is 99.8 cm³/mol. The number of hydrogen-bond donors (Lipinski definition) is 0. The quantitative estimate of drug-likeness (QED) is 0.676. The van der Waals surface area contributed by atoms with Crippen LogP contribution in [-0.2, 0) is 4.79 Å². The van der Waals surface area contributed by atoms with Gasteiger partial charge < -0.3 is 9.64 Å². The maximum absolute atomic E-state index is 13.0. The number of thiazole rings is 1. The van der Waals surface area contributed by atoms with Crippen molar-refractivity contribution in [1.82, 2.24) is 9.88 Å². The Morgan fingerprint density at radius 3 is 2.81 bits per heavy atom. The molecule has 2 heterocycles. The molecular formula is C20H19FN2O2S. The van der Waals surface area contributed by atoms with Gasteiger partial charge in [0.2, 0.25) is 0 Å². The number of ether oxygens (including phenoxy) is 1. The van der Waals surface area contributed by atoms with Crippen LogP contribution >= 0.6 is 11.3 Å². The van der Waals surface area contributed by atoms with E-state index in [1.807, 2.05) is 23.1 Å². The van der Waals surface area contributed by atoms with E-state index >= 15 is 0 Å². The van der Waals surface area contributed by atoms with E-state index in [2.05, 4.69) is 6.07 Å². The Morgan fingerprint density at radius 1 is 1.19 bits per heavy atom. The molecule has 26 heavy (non-hydrogen) atoms. The lowest BCUT2D eigenvalue weighted by atomic mass is 10.0. The fourth-order valence-electron chi connectivity index (χ4n) is 3.28. The molecule has 0 N–H and O–H groups in total. The number of carbonyl (C=O) groups is 1. The molecule has 0 bridgehead atoms. The summed E-state index contributed by atoms with van der Waals surface area (Å²) in [5.74, 6) is 0.113. The van der Waals surface area contributed by atoms with Gasteiger partial charge in [-0.15, -0.1) is 11.3 Å². The topological polar surface area (TPSA) is 42.4 Å². The second-order valence-electron chi connectivity index (χ2n) is 6.36. The Kier molecular flexibility index (Phi) is 4.84. The van der Waals surface area contributed by atoms with E-state index in [4.69, 9.17) is 9.72 Å². The first kappa shape index (κ1) is 17.0. The molecule has 0 radical (unpaired) electrons.